The number of aromatic carboxylic acids is 1. The fourth-order valence-corrected chi connectivity index (χ4v) is 3.27. The van der Waals surface area contributed by atoms with Crippen molar-refractivity contribution in [2.75, 3.05) is 6.54 Å². The number of sulfonamides is 1. The fraction of sp³-hybridized carbons (Fsp3) is 0.417. The highest BCUT2D eigenvalue weighted by molar-refractivity contribution is 9.10. The summed E-state index contributed by atoms with van der Waals surface area (Å²) in [7, 11) is -3.69. The lowest BCUT2D eigenvalue weighted by Gasteiger charge is -2.11. The number of benzene rings is 1. The van der Waals surface area contributed by atoms with E-state index in [1.54, 1.807) is 6.92 Å². The van der Waals surface area contributed by atoms with Crippen molar-refractivity contribution >= 4 is 31.9 Å². The molecule has 0 amide bonds. The van der Waals surface area contributed by atoms with Crippen LogP contribution >= 0.6 is 15.9 Å². The van der Waals surface area contributed by atoms with Crippen LogP contribution in [0.1, 0.15) is 29.8 Å². The van der Waals surface area contributed by atoms with Crippen LogP contribution < -0.4 is 4.72 Å². The Hall–Kier alpha value is -0.920. The lowest BCUT2D eigenvalue weighted by molar-refractivity contribution is 0.0695. The van der Waals surface area contributed by atoms with Crippen molar-refractivity contribution in [3.63, 3.8) is 0 Å². The third-order valence-corrected chi connectivity index (χ3v) is 4.77. The van der Waals surface area contributed by atoms with Gasteiger partial charge in [0.1, 0.15) is 0 Å². The van der Waals surface area contributed by atoms with E-state index in [-0.39, 0.29) is 16.4 Å². The molecule has 0 aliphatic carbocycles. The number of carboxylic acids is 1. The highest BCUT2D eigenvalue weighted by Gasteiger charge is 2.19. The topological polar surface area (TPSA) is 83.5 Å². The van der Waals surface area contributed by atoms with E-state index in [2.05, 4.69) is 20.7 Å². The molecule has 0 aromatic heterocycles. The summed E-state index contributed by atoms with van der Waals surface area (Å²) in [4.78, 5) is 11.0. The molecule has 0 aliphatic heterocycles. The van der Waals surface area contributed by atoms with Gasteiger partial charge in [0.15, 0.2) is 0 Å². The average molecular weight is 350 g/mol. The lowest BCUT2D eigenvalue weighted by Crippen LogP contribution is -2.27. The number of hydrogen-bond acceptors (Lipinski definition) is 3. The number of nitrogens with one attached hydrogen (secondary N) is 1. The van der Waals surface area contributed by atoms with Crippen LogP contribution in [0.2, 0.25) is 0 Å². The van der Waals surface area contributed by atoms with Gasteiger partial charge in [-0.25, -0.2) is 17.9 Å². The van der Waals surface area contributed by atoms with Gasteiger partial charge in [0.05, 0.1) is 10.5 Å². The van der Waals surface area contributed by atoms with E-state index in [1.165, 1.54) is 12.1 Å². The van der Waals surface area contributed by atoms with Crippen LogP contribution in [0, 0.1) is 12.8 Å². The summed E-state index contributed by atoms with van der Waals surface area (Å²) >= 11 is 3.18. The molecule has 0 aliphatic rings. The van der Waals surface area contributed by atoms with Crippen molar-refractivity contribution < 1.29 is 18.3 Å². The Morgan fingerprint density at radius 3 is 2.47 bits per heavy atom. The van der Waals surface area contributed by atoms with Crippen molar-refractivity contribution in [2.45, 2.75) is 25.7 Å². The summed E-state index contributed by atoms with van der Waals surface area (Å²) < 4.78 is 27.0. The summed E-state index contributed by atoms with van der Waals surface area (Å²) in [5, 5.41) is 9.06. The minimum absolute atomic E-state index is 0.0284. The first kappa shape index (κ1) is 16.1. The quantitative estimate of drug-likeness (QED) is 0.854. The summed E-state index contributed by atoms with van der Waals surface area (Å²) in [6.07, 6.45) is 0. The van der Waals surface area contributed by atoms with Crippen LogP contribution in [0.5, 0.6) is 0 Å². The molecule has 0 atom stereocenters. The van der Waals surface area contributed by atoms with Gasteiger partial charge in [-0.05, 0) is 30.5 Å². The first-order valence-electron chi connectivity index (χ1n) is 5.68. The molecule has 0 unspecified atom stereocenters. The van der Waals surface area contributed by atoms with Crippen molar-refractivity contribution in [3.05, 3.63) is 27.7 Å². The minimum atomic E-state index is -3.69. The predicted molar refractivity (Wildman–Crippen MR) is 75.9 cm³/mol. The molecule has 2 N–H and O–H groups in total. The van der Waals surface area contributed by atoms with Gasteiger partial charge in [-0.15, -0.1) is 0 Å². The first-order valence-corrected chi connectivity index (χ1v) is 7.96. The molecule has 19 heavy (non-hydrogen) atoms. The van der Waals surface area contributed by atoms with Crippen molar-refractivity contribution in [3.8, 4) is 0 Å². The highest BCUT2D eigenvalue weighted by Crippen LogP contribution is 2.25. The van der Waals surface area contributed by atoms with Crippen LogP contribution in [0.3, 0.4) is 0 Å². The van der Waals surface area contributed by atoms with Gasteiger partial charge in [-0.2, -0.15) is 0 Å². The zero-order valence-corrected chi connectivity index (χ0v) is 13.3. The number of carboxylic acid groups (broad SMARTS) is 1. The van der Waals surface area contributed by atoms with E-state index in [1.807, 2.05) is 13.8 Å². The summed E-state index contributed by atoms with van der Waals surface area (Å²) in [5.41, 5.74) is 0.467. The van der Waals surface area contributed by atoms with Crippen LogP contribution in [0.25, 0.3) is 0 Å². The van der Waals surface area contributed by atoms with Gasteiger partial charge in [0.2, 0.25) is 10.0 Å². The van der Waals surface area contributed by atoms with E-state index >= 15 is 0 Å². The lowest BCUT2D eigenvalue weighted by atomic mass is 10.1. The van der Waals surface area contributed by atoms with E-state index in [9.17, 15) is 13.2 Å². The Bertz CT molecular complexity index is 596. The standard InChI is InChI=1S/C12H16BrNO4S/c1-7(2)6-14-19(17,18)9-4-10(12(15)16)8(3)11(13)5-9/h4-5,7,14H,6H2,1-3H3,(H,15,16). The molecule has 0 heterocycles. The zero-order chi connectivity index (χ0) is 14.8. The zero-order valence-electron chi connectivity index (χ0n) is 10.9. The molecule has 0 spiro atoms. The third-order valence-electron chi connectivity index (χ3n) is 2.54. The Balaban J connectivity index is 3.25. The molecule has 0 saturated heterocycles. The molecular weight excluding hydrogens is 334 g/mol. The molecule has 0 saturated carbocycles. The molecule has 1 aromatic rings. The van der Waals surface area contributed by atoms with E-state index in [0.717, 1.165) is 0 Å². The van der Waals surface area contributed by atoms with Crippen molar-refractivity contribution in [1.29, 1.82) is 0 Å². The van der Waals surface area contributed by atoms with Gasteiger partial charge in [0, 0.05) is 11.0 Å². The molecule has 1 aromatic carbocycles. The van der Waals surface area contributed by atoms with E-state index < -0.39 is 16.0 Å². The van der Waals surface area contributed by atoms with Crippen LogP contribution in [-0.2, 0) is 10.0 Å². The van der Waals surface area contributed by atoms with Crippen molar-refractivity contribution in [1.82, 2.24) is 4.72 Å². The summed E-state index contributed by atoms with van der Waals surface area (Å²) in [6.45, 7) is 5.69. The maximum absolute atomic E-state index is 12.1. The Labute approximate surface area is 121 Å². The largest absolute Gasteiger partial charge is 0.478 e. The SMILES string of the molecule is Cc1c(Br)cc(S(=O)(=O)NCC(C)C)cc1C(=O)O. The minimum Gasteiger partial charge on any atom is -0.478 e. The van der Waals surface area contributed by atoms with Crippen molar-refractivity contribution in [2.24, 2.45) is 5.92 Å². The van der Waals surface area contributed by atoms with Gasteiger partial charge < -0.3 is 5.11 Å². The molecule has 0 radical (unpaired) electrons. The predicted octanol–water partition coefficient (Wildman–Crippen LogP) is 2.39. The molecule has 7 heteroatoms. The normalized spacial score (nSPS) is 11.8. The average Bonchev–Trinajstić information content (AvgIpc) is 2.29. The second-order valence-corrected chi connectivity index (χ2v) is 7.25. The fourth-order valence-electron chi connectivity index (χ4n) is 1.39. The van der Waals surface area contributed by atoms with Gasteiger partial charge in [-0.1, -0.05) is 29.8 Å². The second kappa shape index (κ2) is 6.02. The number of halogens is 1. The first-order chi connectivity index (χ1) is 8.65. The molecule has 106 valence electrons. The second-order valence-electron chi connectivity index (χ2n) is 4.63. The van der Waals surface area contributed by atoms with Crippen LogP contribution in [-0.4, -0.2) is 26.0 Å². The molecular formula is C12H16BrNO4S. The van der Waals surface area contributed by atoms with E-state index in [0.29, 0.717) is 16.6 Å². The molecule has 5 nitrogen and oxygen atoms in total. The van der Waals surface area contributed by atoms with Gasteiger partial charge >= 0.3 is 5.97 Å². The molecule has 0 bridgehead atoms. The summed E-state index contributed by atoms with van der Waals surface area (Å²) in [5.74, 6) is -0.985. The Morgan fingerprint density at radius 1 is 1.42 bits per heavy atom. The Morgan fingerprint density at radius 2 is 2.00 bits per heavy atom. The Kier molecular flexibility index (Phi) is 5.11. The smallest absolute Gasteiger partial charge is 0.336 e. The maximum atomic E-state index is 12.1. The van der Waals surface area contributed by atoms with Crippen LogP contribution in [0.4, 0.5) is 0 Å². The monoisotopic (exact) mass is 349 g/mol. The summed E-state index contributed by atoms with van der Waals surface area (Å²) in [6, 6.07) is 2.58. The number of carbonyl (C=O) groups is 1. The van der Waals surface area contributed by atoms with Gasteiger partial charge in [0.25, 0.3) is 0 Å². The van der Waals surface area contributed by atoms with Crippen LogP contribution in [0.15, 0.2) is 21.5 Å². The molecule has 1 rings (SSSR count). The van der Waals surface area contributed by atoms with E-state index in [4.69, 9.17) is 5.11 Å². The number of rotatable bonds is 5. The molecule has 0 fully saturated rings. The van der Waals surface area contributed by atoms with Gasteiger partial charge in [-0.3, -0.25) is 0 Å². The number of hydrogen-bond donors (Lipinski definition) is 2. The third kappa shape index (κ3) is 4.02. The maximum Gasteiger partial charge on any atom is 0.336 e. The highest BCUT2D eigenvalue weighted by atomic mass is 79.9.